The van der Waals surface area contributed by atoms with E-state index in [4.69, 9.17) is 23.7 Å². The predicted octanol–water partition coefficient (Wildman–Crippen LogP) is 7.98. The topological polar surface area (TPSA) is 233 Å². The largest absolute Gasteiger partial charge is 1.00 e. The van der Waals surface area contributed by atoms with Gasteiger partial charge in [-0.15, -0.1) is 22.7 Å². The Labute approximate surface area is 436 Å². The van der Waals surface area contributed by atoms with Gasteiger partial charge in [0.15, 0.2) is 0 Å². The molecule has 0 aliphatic heterocycles. The number of esters is 1. The molecule has 372 valence electrons. The molecule has 4 aromatic heterocycles. The maximum atomic E-state index is 13.5. The number of thiophene rings is 2. The van der Waals surface area contributed by atoms with Gasteiger partial charge in [-0.2, -0.15) is 0 Å². The van der Waals surface area contributed by atoms with Crippen molar-refractivity contribution in [1.82, 2.24) is 9.13 Å². The number of aromatic carboxylic acids is 1. The minimum absolute atomic E-state index is 0. The minimum atomic E-state index is -1.18. The van der Waals surface area contributed by atoms with Gasteiger partial charge in [-0.05, 0) is 120 Å². The quantitative estimate of drug-likeness (QED) is 0.0341. The molecule has 6 aromatic rings. The molecule has 70 heavy (non-hydrogen) atoms. The zero-order valence-electron chi connectivity index (χ0n) is 41.4. The summed E-state index contributed by atoms with van der Waals surface area (Å²) in [5.41, 5.74) is 2.02. The fraction of sp³-hybridized carbons (Fsp3) is 0.400. The van der Waals surface area contributed by atoms with Crippen molar-refractivity contribution in [3.05, 3.63) is 114 Å². The molecule has 0 bridgehead atoms. The Morgan fingerprint density at radius 1 is 0.614 bits per heavy atom. The van der Waals surface area contributed by atoms with Crippen LogP contribution in [0.5, 0.6) is 11.5 Å². The van der Waals surface area contributed by atoms with E-state index in [0.29, 0.717) is 44.8 Å². The van der Waals surface area contributed by atoms with Gasteiger partial charge in [-0.3, -0.25) is 29.4 Å². The summed E-state index contributed by atoms with van der Waals surface area (Å²) in [6.45, 7) is 17.8. The van der Waals surface area contributed by atoms with E-state index in [-0.39, 0.29) is 89.5 Å². The number of carboxylic acids is 1. The van der Waals surface area contributed by atoms with Crippen molar-refractivity contribution < 1.29 is 83.0 Å². The van der Waals surface area contributed by atoms with Crippen LogP contribution in [0.15, 0.2) is 81.0 Å². The van der Waals surface area contributed by atoms with Crippen LogP contribution in [-0.4, -0.2) is 74.9 Å². The molecule has 2 aromatic carbocycles. The van der Waals surface area contributed by atoms with Crippen LogP contribution in [0.4, 0.5) is 21.0 Å². The number of nitrogens with one attached hydrogen (secondary N) is 2. The van der Waals surface area contributed by atoms with Gasteiger partial charge < -0.3 is 34.3 Å². The number of unbranched alkanes of at least 4 members (excludes halogenated alkanes) is 2. The summed E-state index contributed by atoms with van der Waals surface area (Å²) in [5, 5.41) is 18.7. The molecule has 2 amide bonds. The first-order valence-electron chi connectivity index (χ1n) is 22.4. The number of hydrogen-bond acceptors (Lipinski definition) is 14. The number of amides is 2. The van der Waals surface area contributed by atoms with Gasteiger partial charge in [0.1, 0.15) is 22.3 Å². The van der Waals surface area contributed by atoms with Gasteiger partial charge in [-0.25, -0.2) is 19.2 Å². The Morgan fingerprint density at radius 2 is 1.00 bits per heavy atom. The molecule has 0 fully saturated rings. The Bertz CT molecular complexity index is 2840. The van der Waals surface area contributed by atoms with Crippen LogP contribution in [0, 0.1) is 0 Å². The van der Waals surface area contributed by atoms with Crippen molar-refractivity contribution in [1.29, 1.82) is 0 Å². The number of carbonyl (C=O) groups is 4. The number of ether oxygens (including phenoxy) is 5. The van der Waals surface area contributed by atoms with Gasteiger partial charge in [0.05, 0.1) is 53.3 Å². The molecule has 0 saturated carbocycles. The maximum Gasteiger partial charge on any atom is 1.00 e. The van der Waals surface area contributed by atoms with Crippen molar-refractivity contribution >= 4 is 78.6 Å². The van der Waals surface area contributed by atoms with E-state index in [1.54, 1.807) is 101 Å². The number of benzene rings is 2. The number of nitrogens with zero attached hydrogens (tertiary/aromatic N) is 2. The molecule has 0 unspecified atom stereocenters. The molecular formula is C50H61N4NaO13S2. The molecule has 0 aliphatic rings. The van der Waals surface area contributed by atoms with Gasteiger partial charge in [0.2, 0.25) is 11.5 Å². The summed E-state index contributed by atoms with van der Waals surface area (Å²) in [4.78, 5) is 75.4. The molecule has 4 heterocycles. The second-order valence-corrected chi connectivity index (χ2v) is 19.4. The smallest absolute Gasteiger partial charge is 0.870 e. The number of aromatic nitrogens is 2. The molecular weight excluding hydrogens is 952 g/mol. The number of hydrogen-bond donors (Lipinski definition) is 3. The molecule has 0 saturated heterocycles. The van der Waals surface area contributed by atoms with Gasteiger partial charge in [0, 0.05) is 11.4 Å². The van der Waals surface area contributed by atoms with Crippen LogP contribution in [0.2, 0.25) is 0 Å². The fourth-order valence-electron chi connectivity index (χ4n) is 6.69. The number of fused-ring (bicyclic) bond motifs is 2. The standard InChI is InChI=1S/C26H32N2O6S.C24H28N2O6S.Na.H2O/c1-6-8-14-33-21-20(24(30)32-7-2)22-19(13-15-35-22)28(23(21)29)16-17-9-11-18(12-10-17)27-25(31)34-26(3,4)5;1-5-6-12-31-19-18(22(28)29)20-17(11-13-33-20)26(21(19)27)14-15-7-9-16(10-8-15)25-23(30)32-24(2,3)4;;/h9-13,15H,6-8,14,16H2,1-5H3,(H,27,31);7-11,13H,5-6,12,14H2,1-4H3,(H,25,30)(H,28,29);;1H2/q;;+1;/p-1. The number of pyridine rings is 2. The van der Waals surface area contributed by atoms with Crippen molar-refractivity contribution in [2.75, 3.05) is 30.5 Å². The molecule has 0 atom stereocenters. The van der Waals surface area contributed by atoms with Crippen LogP contribution in [0.1, 0.15) is 120 Å². The van der Waals surface area contributed by atoms with E-state index in [1.807, 2.05) is 37.4 Å². The van der Waals surface area contributed by atoms with E-state index in [9.17, 15) is 33.9 Å². The minimum Gasteiger partial charge on any atom is -0.870 e. The second kappa shape index (κ2) is 26.5. The zero-order chi connectivity index (χ0) is 49.8. The predicted molar refractivity (Wildman–Crippen MR) is 269 cm³/mol. The molecule has 0 aliphatic carbocycles. The van der Waals surface area contributed by atoms with Gasteiger partial charge in [-0.1, -0.05) is 51.0 Å². The number of anilines is 2. The Hall–Kier alpha value is -5.70. The van der Waals surface area contributed by atoms with Gasteiger partial charge in [0.25, 0.3) is 11.1 Å². The summed E-state index contributed by atoms with van der Waals surface area (Å²) >= 11 is 2.63. The molecule has 6 rings (SSSR count). The van der Waals surface area contributed by atoms with E-state index >= 15 is 0 Å². The molecule has 4 N–H and O–H groups in total. The van der Waals surface area contributed by atoms with Crippen molar-refractivity contribution in [3.8, 4) is 11.5 Å². The van der Waals surface area contributed by atoms with Crippen molar-refractivity contribution in [2.45, 2.75) is 112 Å². The van der Waals surface area contributed by atoms with Crippen molar-refractivity contribution in [3.63, 3.8) is 0 Å². The van der Waals surface area contributed by atoms with Crippen LogP contribution >= 0.6 is 22.7 Å². The third kappa shape index (κ3) is 15.9. The third-order valence-corrected chi connectivity index (χ3v) is 11.6. The Balaban J connectivity index is 0.000000361. The van der Waals surface area contributed by atoms with Crippen LogP contribution < -0.4 is 60.8 Å². The van der Waals surface area contributed by atoms with Crippen LogP contribution in [-0.2, 0) is 27.3 Å². The second-order valence-electron chi connectivity index (χ2n) is 17.5. The normalized spacial score (nSPS) is 11.0. The average molecular weight is 1010 g/mol. The maximum absolute atomic E-state index is 13.5. The average Bonchev–Trinajstić information content (AvgIpc) is 3.95. The molecule has 20 heteroatoms. The van der Waals surface area contributed by atoms with E-state index in [2.05, 4.69) is 10.6 Å². The van der Waals surface area contributed by atoms with Gasteiger partial charge >= 0.3 is 53.7 Å². The fourth-order valence-corrected chi connectivity index (χ4v) is 8.54. The summed E-state index contributed by atoms with van der Waals surface area (Å²) in [6, 6.07) is 17.7. The number of carboxylic acid groups (broad SMARTS) is 1. The van der Waals surface area contributed by atoms with Crippen LogP contribution in [0.3, 0.4) is 0 Å². The number of rotatable bonds is 17. The summed E-state index contributed by atoms with van der Waals surface area (Å²) < 4.78 is 31.5. The van der Waals surface area contributed by atoms with E-state index < -0.39 is 40.9 Å². The molecule has 0 spiro atoms. The van der Waals surface area contributed by atoms with Crippen LogP contribution in [0.25, 0.3) is 20.4 Å². The Morgan fingerprint density at radius 3 is 1.36 bits per heavy atom. The monoisotopic (exact) mass is 1010 g/mol. The first-order valence-corrected chi connectivity index (χ1v) is 24.1. The summed E-state index contributed by atoms with van der Waals surface area (Å²) in [6.07, 6.45) is 2.15. The zero-order valence-corrected chi connectivity index (χ0v) is 45.0. The Kier molecular flexibility index (Phi) is 22.2. The summed E-state index contributed by atoms with van der Waals surface area (Å²) in [7, 11) is 0. The molecule has 17 nitrogen and oxygen atoms in total. The first kappa shape index (κ1) is 58.6. The van der Waals surface area contributed by atoms with E-state index in [1.165, 1.54) is 27.2 Å². The van der Waals surface area contributed by atoms with E-state index in [0.717, 1.165) is 30.4 Å². The summed E-state index contributed by atoms with van der Waals surface area (Å²) in [5.74, 6) is -1.85. The number of carbonyl (C=O) groups excluding carboxylic acids is 3. The SMILES string of the molecule is CCCCOc1c(C(=O)O)c2sccc2n(Cc2ccc(NC(=O)OC(C)(C)C)cc2)c1=O.CCCCOc1c(C(=O)OCC)c2sccc2n(Cc2ccc(NC(=O)OC(C)(C)C)cc2)c1=O.[Na+].[OH-]. The molecule has 0 radical (unpaired) electrons. The van der Waals surface area contributed by atoms with Crippen molar-refractivity contribution in [2.24, 2.45) is 0 Å². The first-order chi connectivity index (χ1) is 32.2. The third-order valence-electron chi connectivity index (χ3n) is 9.72.